The number of hydrogen-bond acceptors (Lipinski definition) is 5. The number of nitrogens with one attached hydrogen (secondary N) is 1. The molecule has 1 heterocycles. The summed E-state index contributed by atoms with van der Waals surface area (Å²) in [7, 11) is 0. The fourth-order valence-corrected chi connectivity index (χ4v) is 1.59. The highest BCUT2D eigenvalue weighted by Crippen LogP contribution is 2.24. The molecule has 0 saturated carbocycles. The van der Waals surface area contributed by atoms with E-state index < -0.39 is 4.92 Å². The van der Waals surface area contributed by atoms with Gasteiger partial charge in [0.05, 0.1) is 17.7 Å². The summed E-state index contributed by atoms with van der Waals surface area (Å²) in [5.41, 5.74) is 0.688. The third-order valence-electron chi connectivity index (χ3n) is 2.56. The second-order valence-corrected chi connectivity index (χ2v) is 4.46. The number of oxazole rings is 1. The van der Waals surface area contributed by atoms with E-state index in [0.29, 0.717) is 29.8 Å². The fourth-order valence-electron chi connectivity index (χ4n) is 1.59. The molecule has 2 rings (SSSR count). The van der Waals surface area contributed by atoms with Gasteiger partial charge in [-0.2, -0.15) is 0 Å². The van der Waals surface area contributed by atoms with Crippen molar-refractivity contribution in [3.05, 3.63) is 46.5 Å². The van der Waals surface area contributed by atoms with Crippen molar-refractivity contribution in [2.45, 2.75) is 26.4 Å². The maximum atomic E-state index is 10.7. The van der Waals surface area contributed by atoms with Gasteiger partial charge in [0.25, 0.3) is 5.69 Å². The first-order valence-corrected chi connectivity index (χ1v) is 5.99. The summed E-state index contributed by atoms with van der Waals surface area (Å²) in [6.07, 6.45) is 1.58. The normalized spacial score (nSPS) is 10.9. The summed E-state index contributed by atoms with van der Waals surface area (Å²) in [4.78, 5) is 14.4. The molecule has 100 valence electrons. The zero-order valence-corrected chi connectivity index (χ0v) is 10.8. The fraction of sp³-hybridized carbons (Fsp3) is 0.308. The van der Waals surface area contributed by atoms with Crippen LogP contribution in [0.15, 0.2) is 34.9 Å². The lowest BCUT2D eigenvalue weighted by Gasteiger charge is -2.04. The molecule has 6 heteroatoms. The molecule has 0 fully saturated rings. The number of aromatic nitrogens is 1. The molecule has 0 bridgehead atoms. The molecule has 1 N–H and O–H groups in total. The maximum absolute atomic E-state index is 10.7. The second kappa shape index (κ2) is 5.62. The Hall–Kier alpha value is -2.21. The van der Waals surface area contributed by atoms with Crippen molar-refractivity contribution in [3.8, 4) is 11.3 Å². The van der Waals surface area contributed by atoms with Gasteiger partial charge in [0.15, 0.2) is 5.76 Å². The smallest absolute Gasteiger partial charge is 0.270 e. The van der Waals surface area contributed by atoms with Crippen molar-refractivity contribution in [3.63, 3.8) is 0 Å². The largest absolute Gasteiger partial charge is 0.439 e. The highest BCUT2D eigenvalue weighted by molar-refractivity contribution is 5.60. The van der Waals surface area contributed by atoms with Gasteiger partial charge >= 0.3 is 0 Å². The van der Waals surface area contributed by atoms with Gasteiger partial charge in [-0.05, 0) is 0 Å². The number of nitro groups is 1. The number of nitrogens with zero attached hydrogens (tertiary/aromatic N) is 2. The molecule has 1 aromatic carbocycles. The molecule has 19 heavy (non-hydrogen) atoms. The van der Waals surface area contributed by atoms with Crippen molar-refractivity contribution in [1.29, 1.82) is 0 Å². The van der Waals surface area contributed by atoms with Crippen molar-refractivity contribution < 1.29 is 9.34 Å². The van der Waals surface area contributed by atoms with Gasteiger partial charge in [0, 0.05) is 23.7 Å². The van der Waals surface area contributed by atoms with Crippen molar-refractivity contribution in [2.75, 3.05) is 0 Å². The molecule has 0 radical (unpaired) electrons. The Labute approximate surface area is 110 Å². The quantitative estimate of drug-likeness (QED) is 0.661. The van der Waals surface area contributed by atoms with E-state index >= 15 is 0 Å². The Morgan fingerprint density at radius 2 is 2.26 bits per heavy atom. The summed E-state index contributed by atoms with van der Waals surface area (Å²) in [5.74, 6) is 1.10. The van der Waals surface area contributed by atoms with Crippen LogP contribution in [0.3, 0.4) is 0 Å². The van der Waals surface area contributed by atoms with Crippen LogP contribution < -0.4 is 5.32 Å². The van der Waals surface area contributed by atoms with Crippen LogP contribution in [0.25, 0.3) is 11.3 Å². The van der Waals surface area contributed by atoms with E-state index in [1.807, 2.05) is 13.8 Å². The van der Waals surface area contributed by atoms with E-state index in [1.54, 1.807) is 18.3 Å². The average molecular weight is 261 g/mol. The zero-order chi connectivity index (χ0) is 13.8. The molecule has 0 atom stereocenters. The van der Waals surface area contributed by atoms with Crippen LogP contribution >= 0.6 is 0 Å². The van der Waals surface area contributed by atoms with Crippen LogP contribution in [0.1, 0.15) is 19.7 Å². The first-order valence-electron chi connectivity index (χ1n) is 5.99. The highest BCUT2D eigenvalue weighted by Gasteiger charge is 2.11. The third-order valence-corrected chi connectivity index (χ3v) is 2.56. The van der Waals surface area contributed by atoms with Gasteiger partial charge in [0.2, 0.25) is 5.89 Å². The standard InChI is InChI=1S/C13H15N3O3/c1-9(2)14-8-13-15-7-12(19-13)10-4-3-5-11(6-10)16(17)18/h3-7,9,14H,8H2,1-2H3. The van der Waals surface area contributed by atoms with E-state index in [9.17, 15) is 10.1 Å². The average Bonchev–Trinajstić information content (AvgIpc) is 2.85. The van der Waals surface area contributed by atoms with Crippen LogP contribution in [0.5, 0.6) is 0 Å². The van der Waals surface area contributed by atoms with Gasteiger partial charge in [-0.25, -0.2) is 4.98 Å². The van der Waals surface area contributed by atoms with E-state index in [1.165, 1.54) is 12.1 Å². The molecular formula is C13H15N3O3. The predicted octanol–water partition coefficient (Wildman–Crippen LogP) is 2.75. The molecule has 0 aliphatic rings. The number of hydrogen-bond donors (Lipinski definition) is 1. The molecule has 0 saturated heterocycles. The summed E-state index contributed by atoms with van der Waals surface area (Å²) >= 11 is 0. The lowest BCUT2D eigenvalue weighted by Crippen LogP contribution is -2.21. The minimum Gasteiger partial charge on any atom is -0.439 e. The molecule has 0 amide bonds. The molecule has 2 aromatic rings. The van der Waals surface area contributed by atoms with Crippen LogP contribution in [0.4, 0.5) is 5.69 Å². The van der Waals surface area contributed by atoms with Gasteiger partial charge in [-0.1, -0.05) is 26.0 Å². The number of non-ortho nitro benzene ring substituents is 1. The monoisotopic (exact) mass is 261 g/mol. The Morgan fingerprint density at radius 3 is 2.95 bits per heavy atom. The van der Waals surface area contributed by atoms with E-state index in [-0.39, 0.29) is 5.69 Å². The van der Waals surface area contributed by atoms with Gasteiger partial charge in [-0.3, -0.25) is 10.1 Å². The first-order chi connectivity index (χ1) is 9.06. The van der Waals surface area contributed by atoms with Crippen molar-refractivity contribution in [2.24, 2.45) is 0 Å². The SMILES string of the molecule is CC(C)NCc1ncc(-c2cccc([N+](=O)[O-])c2)o1. The number of rotatable bonds is 5. The zero-order valence-electron chi connectivity index (χ0n) is 10.8. The van der Waals surface area contributed by atoms with Crippen LogP contribution in [0, 0.1) is 10.1 Å². The van der Waals surface area contributed by atoms with Gasteiger partial charge < -0.3 is 9.73 Å². The lowest BCUT2D eigenvalue weighted by molar-refractivity contribution is -0.384. The summed E-state index contributed by atoms with van der Waals surface area (Å²) in [6, 6.07) is 6.64. The molecule has 0 aliphatic heterocycles. The summed E-state index contributed by atoms with van der Waals surface area (Å²) in [6.45, 7) is 4.60. The van der Waals surface area contributed by atoms with E-state index in [4.69, 9.17) is 4.42 Å². The van der Waals surface area contributed by atoms with Crippen molar-refractivity contribution >= 4 is 5.69 Å². The van der Waals surface area contributed by atoms with Gasteiger partial charge in [-0.15, -0.1) is 0 Å². The topological polar surface area (TPSA) is 81.2 Å². The second-order valence-electron chi connectivity index (χ2n) is 4.46. The molecule has 1 aromatic heterocycles. The summed E-state index contributed by atoms with van der Waals surface area (Å²) in [5, 5.41) is 13.9. The number of nitro benzene ring substituents is 1. The van der Waals surface area contributed by atoms with E-state index in [0.717, 1.165) is 0 Å². The predicted molar refractivity (Wildman–Crippen MR) is 70.6 cm³/mol. The van der Waals surface area contributed by atoms with Crippen LogP contribution in [0.2, 0.25) is 0 Å². The molecular weight excluding hydrogens is 246 g/mol. The molecule has 0 spiro atoms. The van der Waals surface area contributed by atoms with Crippen LogP contribution in [-0.2, 0) is 6.54 Å². The minimum absolute atomic E-state index is 0.0377. The Kier molecular flexibility index (Phi) is 3.91. The van der Waals surface area contributed by atoms with E-state index in [2.05, 4.69) is 10.3 Å². The first kappa shape index (κ1) is 13.2. The summed E-state index contributed by atoms with van der Waals surface area (Å²) < 4.78 is 5.56. The van der Waals surface area contributed by atoms with Crippen LogP contribution in [-0.4, -0.2) is 15.9 Å². The van der Waals surface area contributed by atoms with Gasteiger partial charge in [0.1, 0.15) is 0 Å². The Morgan fingerprint density at radius 1 is 1.47 bits per heavy atom. The molecule has 6 nitrogen and oxygen atoms in total. The maximum Gasteiger partial charge on any atom is 0.270 e. The molecule has 0 unspecified atom stereocenters. The third kappa shape index (κ3) is 3.38. The Balaban J connectivity index is 2.18. The minimum atomic E-state index is -0.429. The Bertz CT molecular complexity index is 578. The number of benzene rings is 1. The van der Waals surface area contributed by atoms with Crippen molar-refractivity contribution in [1.82, 2.24) is 10.3 Å². The lowest BCUT2D eigenvalue weighted by atomic mass is 10.2. The molecule has 0 aliphatic carbocycles. The highest BCUT2D eigenvalue weighted by atomic mass is 16.6.